The molecule has 3 nitrogen and oxygen atoms in total. The molecule has 0 aliphatic carbocycles. The Morgan fingerprint density at radius 3 is 2.17 bits per heavy atom. The molecule has 0 atom stereocenters. The molecule has 0 rings (SSSR count). The van der Waals surface area contributed by atoms with Crippen LogP contribution in [0.15, 0.2) is 0 Å². The summed E-state index contributed by atoms with van der Waals surface area (Å²) >= 11 is 0. The van der Waals surface area contributed by atoms with Crippen molar-refractivity contribution in [2.45, 2.75) is 39.2 Å². The summed E-state index contributed by atoms with van der Waals surface area (Å²) in [5.41, 5.74) is -0.403. The van der Waals surface area contributed by atoms with Gasteiger partial charge in [0.2, 0.25) is 0 Å². The molecule has 70 valence electrons. The zero-order valence-corrected chi connectivity index (χ0v) is 8.84. The van der Waals surface area contributed by atoms with Crippen LogP contribution in [0.5, 0.6) is 0 Å². The number of nitrogens with zero attached hydrogens (tertiary/aromatic N) is 1. The molecule has 0 radical (unpaired) electrons. The lowest BCUT2D eigenvalue weighted by Gasteiger charge is -2.27. The van der Waals surface area contributed by atoms with Gasteiger partial charge in [-0.2, -0.15) is 0 Å². The molecule has 0 aliphatic rings. The minimum absolute atomic E-state index is 0.180. The fourth-order valence-corrected chi connectivity index (χ4v) is 0.545. The molecule has 0 heterocycles. The van der Waals surface area contributed by atoms with Crippen molar-refractivity contribution >= 4 is 13.9 Å². The number of carbonyl (C=O) groups excluding carboxylic acids is 1. The highest BCUT2D eigenvalue weighted by atomic mass is 16.6. The average Bonchev–Trinajstić information content (AvgIpc) is 1.82. The number of hydrogen-bond donors (Lipinski definition) is 0. The van der Waals surface area contributed by atoms with Crippen molar-refractivity contribution in [2.75, 3.05) is 7.05 Å². The van der Waals surface area contributed by atoms with Gasteiger partial charge in [0.15, 0.2) is 7.85 Å². The van der Waals surface area contributed by atoms with Crippen LogP contribution in [0.4, 0.5) is 4.79 Å². The molecule has 0 aliphatic heterocycles. The van der Waals surface area contributed by atoms with E-state index in [9.17, 15) is 4.79 Å². The van der Waals surface area contributed by atoms with Crippen LogP contribution in [0.25, 0.3) is 0 Å². The number of amides is 1. The van der Waals surface area contributed by atoms with E-state index in [1.807, 2.05) is 35.5 Å². The van der Waals surface area contributed by atoms with Crippen LogP contribution in [0.1, 0.15) is 27.7 Å². The van der Waals surface area contributed by atoms with Gasteiger partial charge < -0.3 is 9.64 Å². The summed E-state index contributed by atoms with van der Waals surface area (Å²) < 4.78 is 5.15. The van der Waals surface area contributed by atoms with Gasteiger partial charge in [0.25, 0.3) is 0 Å². The first-order chi connectivity index (χ1) is 5.24. The molecule has 0 bridgehead atoms. The van der Waals surface area contributed by atoms with E-state index < -0.39 is 5.50 Å². The number of rotatable bonds is 2. The van der Waals surface area contributed by atoms with Crippen molar-refractivity contribution in [3.8, 4) is 0 Å². The molecule has 0 aromatic heterocycles. The van der Waals surface area contributed by atoms with E-state index in [2.05, 4.69) is 0 Å². The van der Waals surface area contributed by atoms with Crippen molar-refractivity contribution in [3.63, 3.8) is 0 Å². The smallest absolute Gasteiger partial charge is 0.409 e. The molecule has 1 amide bonds. The molecule has 0 spiro atoms. The number of carbonyl (C=O) groups is 1. The second-order valence-corrected chi connectivity index (χ2v) is 4.18. The topological polar surface area (TPSA) is 29.5 Å². The summed E-state index contributed by atoms with van der Waals surface area (Å²) in [5.74, 6) is 0. The Labute approximate surface area is 75.5 Å². The maximum Gasteiger partial charge on any atom is 0.409 e. The molecule has 0 aromatic rings. The monoisotopic (exact) mass is 171 g/mol. The molecule has 0 N–H and O–H groups in total. The summed E-state index contributed by atoms with van der Waals surface area (Å²) in [6.45, 7) is 7.62. The second kappa shape index (κ2) is 3.83. The molecule has 0 unspecified atom stereocenters. The van der Waals surface area contributed by atoms with Crippen molar-refractivity contribution in [1.29, 1.82) is 0 Å². The van der Waals surface area contributed by atoms with Crippen molar-refractivity contribution < 1.29 is 9.53 Å². The van der Waals surface area contributed by atoms with Crippen LogP contribution >= 0.6 is 0 Å². The highest BCUT2D eigenvalue weighted by Crippen LogP contribution is 2.07. The van der Waals surface area contributed by atoms with E-state index in [1.165, 1.54) is 0 Å². The summed E-state index contributed by atoms with van der Waals surface area (Å²) in [4.78, 5) is 12.9. The van der Waals surface area contributed by atoms with Crippen LogP contribution in [-0.4, -0.2) is 37.4 Å². The third-order valence-electron chi connectivity index (χ3n) is 1.46. The Kier molecular flexibility index (Phi) is 3.62. The second-order valence-electron chi connectivity index (χ2n) is 4.18. The number of hydrogen-bond acceptors (Lipinski definition) is 2. The maximum absolute atomic E-state index is 11.3. The summed E-state index contributed by atoms with van der Waals surface area (Å²) in [6.07, 6.45) is -0.266. The Morgan fingerprint density at radius 1 is 1.50 bits per heavy atom. The van der Waals surface area contributed by atoms with Crippen molar-refractivity contribution in [2.24, 2.45) is 0 Å². The highest BCUT2D eigenvalue weighted by Gasteiger charge is 2.20. The molecule has 12 heavy (non-hydrogen) atoms. The lowest BCUT2D eigenvalue weighted by molar-refractivity contribution is 0.0579. The Morgan fingerprint density at radius 2 is 1.92 bits per heavy atom. The van der Waals surface area contributed by atoms with E-state index >= 15 is 0 Å². The Balaban J connectivity index is 4.05. The van der Waals surface area contributed by atoms with Gasteiger partial charge in [-0.25, -0.2) is 4.79 Å². The van der Waals surface area contributed by atoms with Gasteiger partial charge >= 0.3 is 6.09 Å². The molecule has 0 aromatic carbocycles. The fraction of sp³-hybridized carbons (Fsp3) is 0.875. The van der Waals surface area contributed by atoms with Crippen molar-refractivity contribution in [1.82, 2.24) is 4.90 Å². The third kappa shape index (κ3) is 4.26. The summed E-state index contributed by atoms with van der Waals surface area (Å²) in [6, 6.07) is 0.180. The minimum Gasteiger partial charge on any atom is -0.453 e. The molecular formula is C8H18BNO2. The van der Waals surface area contributed by atoms with Crippen LogP contribution in [-0.2, 0) is 4.74 Å². The van der Waals surface area contributed by atoms with E-state index in [1.54, 1.807) is 11.9 Å². The third-order valence-corrected chi connectivity index (χ3v) is 1.46. The van der Waals surface area contributed by atoms with Gasteiger partial charge in [0, 0.05) is 13.1 Å². The first kappa shape index (κ1) is 11.3. The first-order valence-electron chi connectivity index (χ1n) is 4.20. The molecule has 4 heteroatoms. The standard InChI is InChI=1S/C8H18BNO2/c1-6(2)10(5)7(11)12-8(3,4)9/h6H,9H2,1-5H3. The van der Waals surface area contributed by atoms with Crippen LogP contribution in [0.2, 0.25) is 0 Å². The van der Waals surface area contributed by atoms with E-state index in [0.29, 0.717) is 0 Å². The first-order valence-corrected chi connectivity index (χ1v) is 4.20. The predicted octanol–water partition coefficient (Wildman–Crippen LogP) is 0.832. The predicted molar refractivity (Wildman–Crippen MR) is 52.0 cm³/mol. The van der Waals surface area contributed by atoms with Gasteiger partial charge in [-0.15, -0.1) is 0 Å². The fourth-order valence-electron chi connectivity index (χ4n) is 0.545. The zero-order chi connectivity index (χ0) is 9.94. The lowest BCUT2D eigenvalue weighted by atomic mass is 9.86. The van der Waals surface area contributed by atoms with Gasteiger partial charge in [-0.1, -0.05) is 0 Å². The Hall–Kier alpha value is -0.665. The van der Waals surface area contributed by atoms with Gasteiger partial charge in [0.1, 0.15) is 0 Å². The van der Waals surface area contributed by atoms with Crippen LogP contribution < -0.4 is 0 Å². The minimum atomic E-state index is -0.403. The zero-order valence-electron chi connectivity index (χ0n) is 8.84. The van der Waals surface area contributed by atoms with Gasteiger partial charge in [-0.05, 0) is 27.7 Å². The SMILES string of the molecule is BC(C)(C)OC(=O)N(C)C(C)C. The van der Waals surface area contributed by atoms with E-state index in [4.69, 9.17) is 4.74 Å². The maximum atomic E-state index is 11.3. The van der Waals surface area contributed by atoms with E-state index in [-0.39, 0.29) is 12.1 Å². The lowest BCUT2D eigenvalue weighted by Crippen LogP contribution is -2.39. The van der Waals surface area contributed by atoms with Gasteiger partial charge in [0.05, 0.1) is 5.50 Å². The highest BCUT2D eigenvalue weighted by molar-refractivity contribution is 6.14. The van der Waals surface area contributed by atoms with Crippen LogP contribution in [0, 0.1) is 0 Å². The average molecular weight is 171 g/mol. The molecule has 0 saturated heterocycles. The van der Waals surface area contributed by atoms with Gasteiger partial charge in [-0.3, -0.25) is 0 Å². The quantitative estimate of drug-likeness (QED) is 0.576. The number of ether oxygens (including phenoxy) is 1. The van der Waals surface area contributed by atoms with Crippen LogP contribution in [0.3, 0.4) is 0 Å². The van der Waals surface area contributed by atoms with Crippen molar-refractivity contribution in [3.05, 3.63) is 0 Å². The molecular weight excluding hydrogens is 153 g/mol. The normalized spacial score (nSPS) is 11.5. The van der Waals surface area contributed by atoms with E-state index in [0.717, 1.165) is 0 Å². The summed E-state index contributed by atoms with van der Waals surface area (Å²) in [5, 5.41) is 0. The molecule has 0 saturated carbocycles. The Bertz CT molecular complexity index is 163. The molecule has 0 fully saturated rings. The summed E-state index contributed by atoms with van der Waals surface area (Å²) in [7, 11) is 3.60. The largest absolute Gasteiger partial charge is 0.453 e.